The highest BCUT2D eigenvalue weighted by Crippen LogP contribution is 2.25. The molecule has 2 rings (SSSR count). The zero-order valence-corrected chi connectivity index (χ0v) is 11.2. The zero-order valence-electron chi connectivity index (χ0n) is 11.2. The van der Waals surface area contributed by atoms with Crippen LogP contribution in [-0.4, -0.2) is 29.6 Å². The number of benzene rings is 1. The lowest BCUT2D eigenvalue weighted by molar-refractivity contribution is -0.138. The average Bonchev–Trinajstić information content (AvgIpc) is 2.61. The van der Waals surface area contributed by atoms with Crippen LogP contribution in [0.5, 0.6) is 0 Å². The fourth-order valence-electron chi connectivity index (χ4n) is 2.22. The van der Waals surface area contributed by atoms with Crippen molar-refractivity contribution >= 4 is 11.7 Å². The molecule has 19 heavy (non-hydrogen) atoms. The van der Waals surface area contributed by atoms with E-state index in [4.69, 9.17) is 20.3 Å². The fourth-order valence-corrected chi connectivity index (χ4v) is 2.22. The van der Waals surface area contributed by atoms with Gasteiger partial charge in [-0.3, -0.25) is 4.79 Å². The molecular formula is C14H19NO4. The van der Waals surface area contributed by atoms with Crippen molar-refractivity contribution in [1.82, 2.24) is 0 Å². The number of hydrogen-bond donors (Lipinski definition) is 2. The van der Waals surface area contributed by atoms with Gasteiger partial charge in [0, 0.05) is 12.1 Å². The summed E-state index contributed by atoms with van der Waals surface area (Å²) in [6.07, 6.45) is 0.670. The molecule has 1 aromatic carbocycles. The highest BCUT2D eigenvalue weighted by molar-refractivity contribution is 5.73. The van der Waals surface area contributed by atoms with Crippen molar-refractivity contribution in [2.45, 2.75) is 38.6 Å². The van der Waals surface area contributed by atoms with Crippen molar-refractivity contribution in [2.24, 2.45) is 0 Å². The molecule has 0 amide bonds. The Balaban J connectivity index is 2.02. The van der Waals surface area contributed by atoms with E-state index in [-0.39, 0.29) is 12.5 Å². The number of carboxylic acids is 1. The van der Waals surface area contributed by atoms with E-state index in [1.54, 1.807) is 6.07 Å². The van der Waals surface area contributed by atoms with Crippen LogP contribution in [0, 0.1) is 0 Å². The Bertz CT molecular complexity index is 484. The standard InChI is InChI=1S/C14H19NO4/c1-14(2)18-8-11(19-14)5-9-3-4-10(7-13(16)17)12(15)6-9/h3-4,6,11H,5,7-8,15H2,1-2H3,(H,16,17). The summed E-state index contributed by atoms with van der Waals surface area (Å²) in [5, 5.41) is 8.76. The molecule has 0 aromatic heterocycles. The van der Waals surface area contributed by atoms with Gasteiger partial charge in [0.1, 0.15) is 0 Å². The fraction of sp³-hybridized carbons (Fsp3) is 0.500. The summed E-state index contributed by atoms with van der Waals surface area (Å²) in [5.41, 5.74) is 8.04. The van der Waals surface area contributed by atoms with Crippen molar-refractivity contribution in [1.29, 1.82) is 0 Å². The molecule has 0 spiro atoms. The topological polar surface area (TPSA) is 81.8 Å². The maximum atomic E-state index is 10.7. The first kappa shape index (κ1) is 13.8. The molecule has 1 heterocycles. The third-order valence-corrected chi connectivity index (χ3v) is 3.08. The molecule has 5 nitrogen and oxygen atoms in total. The second-order valence-electron chi connectivity index (χ2n) is 5.26. The van der Waals surface area contributed by atoms with Gasteiger partial charge in [-0.25, -0.2) is 0 Å². The van der Waals surface area contributed by atoms with Crippen LogP contribution in [0.3, 0.4) is 0 Å². The molecule has 1 fully saturated rings. The number of ether oxygens (including phenoxy) is 2. The molecule has 0 aliphatic carbocycles. The Kier molecular flexibility index (Phi) is 3.78. The van der Waals surface area contributed by atoms with Gasteiger partial charge in [-0.1, -0.05) is 12.1 Å². The van der Waals surface area contributed by atoms with Crippen LogP contribution in [0.4, 0.5) is 5.69 Å². The molecule has 3 N–H and O–H groups in total. The summed E-state index contributed by atoms with van der Waals surface area (Å²) in [6.45, 7) is 4.33. The molecule has 1 aliphatic rings. The van der Waals surface area contributed by atoms with Crippen molar-refractivity contribution in [3.8, 4) is 0 Å². The number of carbonyl (C=O) groups is 1. The van der Waals surface area contributed by atoms with E-state index in [9.17, 15) is 4.79 Å². The smallest absolute Gasteiger partial charge is 0.307 e. The van der Waals surface area contributed by atoms with Gasteiger partial charge in [-0.15, -0.1) is 0 Å². The van der Waals surface area contributed by atoms with Crippen molar-refractivity contribution in [3.63, 3.8) is 0 Å². The molecule has 1 saturated heterocycles. The summed E-state index contributed by atoms with van der Waals surface area (Å²) in [4.78, 5) is 10.7. The Labute approximate surface area is 112 Å². The first-order valence-electron chi connectivity index (χ1n) is 6.26. The minimum absolute atomic E-state index is 0.0136. The predicted molar refractivity (Wildman–Crippen MR) is 70.8 cm³/mol. The number of hydrogen-bond acceptors (Lipinski definition) is 4. The summed E-state index contributed by atoms with van der Waals surface area (Å²) in [6, 6.07) is 5.47. The molecule has 1 aromatic rings. The second kappa shape index (κ2) is 5.19. The van der Waals surface area contributed by atoms with Gasteiger partial charge >= 0.3 is 5.97 Å². The minimum atomic E-state index is -0.881. The summed E-state index contributed by atoms with van der Waals surface area (Å²) in [7, 11) is 0. The number of nitrogens with two attached hydrogens (primary N) is 1. The van der Waals surface area contributed by atoms with Crippen LogP contribution in [0.25, 0.3) is 0 Å². The van der Waals surface area contributed by atoms with Gasteiger partial charge in [0.05, 0.1) is 19.1 Å². The van der Waals surface area contributed by atoms with Crippen LogP contribution in [0.2, 0.25) is 0 Å². The van der Waals surface area contributed by atoms with Crippen LogP contribution >= 0.6 is 0 Å². The minimum Gasteiger partial charge on any atom is -0.481 e. The first-order chi connectivity index (χ1) is 8.85. The lowest BCUT2D eigenvalue weighted by Gasteiger charge is -2.17. The van der Waals surface area contributed by atoms with E-state index < -0.39 is 11.8 Å². The molecule has 1 unspecified atom stereocenters. The van der Waals surface area contributed by atoms with Crippen LogP contribution < -0.4 is 5.73 Å². The van der Waals surface area contributed by atoms with E-state index in [0.717, 1.165) is 5.56 Å². The summed E-state index contributed by atoms with van der Waals surface area (Å²) in [5.74, 6) is -1.41. The molecule has 0 radical (unpaired) electrons. The molecule has 1 aliphatic heterocycles. The molecule has 0 bridgehead atoms. The molecular weight excluding hydrogens is 246 g/mol. The third-order valence-electron chi connectivity index (χ3n) is 3.08. The maximum absolute atomic E-state index is 10.7. The quantitative estimate of drug-likeness (QED) is 0.808. The molecule has 5 heteroatoms. The SMILES string of the molecule is CC1(C)OCC(Cc2ccc(CC(=O)O)c(N)c2)O1. The van der Waals surface area contributed by atoms with Gasteiger partial charge in [0.15, 0.2) is 5.79 Å². The van der Waals surface area contributed by atoms with Crippen LogP contribution in [0.15, 0.2) is 18.2 Å². The third kappa shape index (κ3) is 3.68. The van der Waals surface area contributed by atoms with E-state index in [0.29, 0.717) is 24.3 Å². The lowest BCUT2D eigenvalue weighted by atomic mass is 10.0. The largest absolute Gasteiger partial charge is 0.481 e. The highest BCUT2D eigenvalue weighted by Gasteiger charge is 2.32. The van der Waals surface area contributed by atoms with E-state index in [1.807, 2.05) is 26.0 Å². The number of carboxylic acid groups (broad SMARTS) is 1. The van der Waals surface area contributed by atoms with Crippen LogP contribution in [0.1, 0.15) is 25.0 Å². The Hall–Kier alpha value is -1.59. The van der Waals surface area contributed by atoms with Gasteiger partial charge in [0.25, 0.3) is 0 Å². The molecule has 0 saturated carbocycles. The summed E-state index contributed by atoms with van der Waals surface area (Å²) >= 11 is 0. The van der Waals surface area contributed by atoms with Gasteiger partial charge < -0.3 is 20.3 Å². The number of rotatable bonds is 4. The Morgan fingerprint density at radius 2 is 2.26 bits per heavy atom. The van der Waals surface area contributed by atoms with E-state index in [2.05, 4.69) is 0 Å². The van der Waals surface area contributed by atoms with Crippen molar-refractivity contribution in [3.05, 3.63) is 29.3 Å². The van der Waals surface area contributed by atoms with Gasteiger partial charge in [-0.2, -0.15) is 0 Å². The van der Waals surface area contributed by atoms with E-state index in [1.165, 1.54) is 0 Å². The monoisotopic (exact) mass is 265 g/mol. The highest BCUT2D eigenvalue weighted by atomic mass is 16.7. The molecule has 104 valence electrons. The summed E-state index contributed by atoms with van der Waals surface area (Å²) < 4.78 is 11.2. The number of anilines is 1. The first-order valence-corrected chi connectivity index (χ1v) is 6.26. The normalized spacial score (nSPS) is 21.5. The van der Waals surface area contributed by atoms with Crippen molar-refractivity contribution in [2.75, 3.05) is 12.3 Å². The van der Waals surface area contributed by atoms with Crippen molar-refractivity contribution < 1.29 is 19.4 Å². The van der Waals surface area contributed by atoms with E-state index >= 15 is 0 Å². The van der Waals surface area contributed by atoms with Gasteiger partial charge in [0.2, 0.25) is 0 Å². The number of nitrogen functional groups attached to an aromatic ring is 1. The zero-order chi connectivity index (χ0) is 14.0. The van der Waals surface area contributed by atoms with Gasteiger partial charge in [-0.05, 0) is 31.0 Å². The maximum Gasteiger partial charge on any atom is 0.307 e. The Morgan fingerprint density at radius 3 is 2.79 bits per heavy atom. The van der Waals surface area contributed by atoms with Crippen LogP contribution in [-0.2, 0) is 27.1 Å². The Morgan fingerprint density at radius 1 is 1.53 bits per heavy atom. The average molecular weight is 265 g/mol. The lowest BCUT2D eigenvalue weighted by Crippen LogP contribution is -2.22. The second-order valence-corrected chi connectivity index (χ2v) is 5.26. The molecule has 1 atom stereocenters. The predicted octanol–water partition coefficient (Wildman–Crippen LogP) is 1.59. The number of aliphatic carboxylic acids is 1.